The van der Waals surface area contributed by atoms with Crippen LogP contribution in [0.15, 0.2) is 18.2 Å². The van der Waals surface area contributed by atoms with E-state index in [2.05, 4.69) is 9.80 Å². The second-order valence-corrected chi connectivity index (χ2v) is 5.22. The molecule has 1 heterocycles. The number of aromatic carboxylic acids is 1. The quantitative estimate of drug-likeness (QED) is 0.906. The van der Waals surface area contributed by atoms with E-state index in [1.165, 1.54) is 12.1 Å². The number of halogens is 1. The maximum Gasteiger partial charge on any atom is 0.338 e. The first-order valence-corrected chi connectivity index (χ1v) is 6.43. The van der Waals surface area contributed by atoms with Crippen LogP contribution in [0.1, 0.15) is 23.2 Å². The Morgan fingerprint density at radius 1 is 1.53 bits per heavy atom. The monoisotopic (exact) mass is 266 g/mol. The van der Waals surface area contributed by atoms with Crippen LogP contribution in [0.4, 0.5) is 10.1 Å². The van der Waals surface area contributed by atoms with E-state index in [1.54, 1.807) is 6.07 Å². The highest BCUT2D eigenvalue weighted by Gasteiger charge is 2.26. The zero-order valence-corrected chi connectivity index (χ0v) is 11.3. The number of nitrogens with zero attached hydrogens (tertiary/aromatic N) is 2. The van der Waals surface area contributed by atoms with Crippen LogP contribution in [0.2, 0.25) is 0 Å². The fourth-order valence-corrected chi connectivity index (χ4v) is 2.64. The molecule has 1 aromatic rings. The Labute approximate surface area is 112 Å². The number of hydrogen-bond donors (Lipinski definition) is 1. The van der Waals surface area contributed by atoms with Crippen LogP contribution < -0.4 is 4.90 Å². The van der Waals surface area contributed by atoms with Gasteiger partial charge in [0.1, 0.15) is 5.82 Å². The highest BCUT2D eigenvalue weighted by Crippen LogP contribution is 2.27. The number of carboxylic acids is 1. The van der Waals surface area contributed by atoms with Crippen molar-refractivity contribution in [3.8, 4) is 0 Å². The van der Waals surface area contributed by atoms with Gasteiger partial charge in [0.25, 0.3) is 0 Å². The normalized spacial score (nSPS) is 19.2. The zero-order valence-electron chi connectivity index (χ0n) is 11.3. The zero-order chi connectivity index (χ0) is 14.0. The molecule has 0 saturated carbocycles. The highest BCUT2D eigenvalue weighted by molar-refractivity contribution is 5.88. The first-order valence-electron chi connectivity index (χ1n) is 6.43. The van der Waals surface area contributed by atoms with Crippen molar-refractivity contribution in [3.05, 3.63) is 29.6 Å². The lowest BCUT2D eigenvalue weighted by Crippen LogP contribution is -2.37. The van der Waals surface area contributed by atoms with Gasteiger partial charge in [-0.15, -0.1) is 0 Å². The summed E-state index contributed by atoms with van der Waals surface area (Å²) in [5.74, 6) is -1.89. The minimum Gasteiger partial charge on any atom is -0.478 e. The summed E-state index contributed by atoms with van der Waals surface area (Å²) in [6.07, 6.45) is 2.17. The van der Waals surface area contributed by atoms with E-state index >= 15 is 0 Å². The summed E-state index contributed by atoms with van der Waals surface area (Å²) < 4.78 is 13.7. The number of carboxylic acid groups (broad SMARTS) is 1. The van der Waals surface area contributed by atoms with Crippen molar-refractivity contribution >= 4 is 11.7 Å². The van der Waals surface area contributed by atoms with Crippen LogP contribution >= 0.6 is 0 Å². The van der Waals surface area contributed by atoms with Gasteiger partial charge in [-0.25, -0.2) is 9.18 Å². The summed E-state index contributed by atoms with van der Waals surface area (Å²) in [4.78, 5) is 15.1. The summed E-state index contributed by atoms with van der Waals surface area (Å²) in [6.45, 7) is 1.81. The minimum absolute atomic E-state index is 0.271. The lowest BCUT2D eigenvalue weighted by molar-refractivity contribution is 0.0692. The molecule has 0 radical (unpaired) electrons. The SMILES string of the molecule is CN(C)CC1CCCN1c1ccc(C(=O)O)c(F)c1. The van der Waals surface area contributed by atoms with Crippen molar-refractivity contribution in [3.63, 3.8) is 0 Å². The molecule has 5 heteroatoms. The number of rotatable bonds is 4. The Kier molecular flexibility index (Phi) is 4.04. The maximum atomic E-state index is 13.7. The predicted molar refractivity (Wildman–Crippen MR) is 72.3 cm³/mol. The number of anilines is 1. The van der Waals surface area contributed by atoms with E-state index in [9.17, 15) is 9.18 Å². The van der Waals surface area contributed by atoms with Crippen LogP contribution in [0.5, 0.6) is 0 Å². The van der Waals surface area contributed by atoms with Gasteiger partial charge >= 0.3 is 5.97 Å². The fourth-order valence-electron chi connectivity index (χ4n) is 2.64. The maximum absolute atomic E-state index is 13.7. The van der Waals surface area contributed by atoms with Crippen LogP contribution in [0, 0.1) is 5.82 Å². The average Bonchev–Trinajstić information content (AvgIpc) is 2.75. The third-order valence-electron chi connectivity index (χ3n) is 3.47. The van der Waals surface area contributed by atoms with Crippen LogP contribution in [-0.2, 0) is 0 Å². The summed E-state index contributed by atoms with van der Waals surface area (Å²) in [5.41, 5.74) is 0.499. The molecular weight excluding hydrogens is 247 g/mol. The van der Waals surface area contributed by atoms with Gasteiger partial charge in [-0.2, -0.15) is 0 Å². The fraction of sp³-hybridized carbons (Fsp3) is 0.500. The standard InChI is InChI=1S/C14H19FN2O2/c1-16(2)9-11-4-3-7-17(11)10-5-6-12(14(18)19)13(15)8-10/h5-6,8,11H,3-4,7,9H2,1-2H3,(H,18,19). The number of likely N-dealkylation sites (N-methyl/N-ethyl adjacent to an activating group) is 1. The molecule has 0 spiro atoms. The summed E-state index contributed by atoms with van der Waals surface area (Å²) in [5, 5.41) is 8.83. The minimum atomic E-state index is -1.23. The van der Waals surface area contributed by atoms with Crippen LogP contribution in [-0.4, -0.2) is 49.2 Å². The largest absolute Gasteiger partial charge is 0.478 e. The smallest absolute Gasteiger partial charge is 0.338 e. The van der Waals surface area contributed by atoms with Gasteiger partial charge in [0.05, 0.1) is 5.56 Å². The molecule has 0 aromatic heterocycles. The first kappa shape index (κ1) is 13.8. The summed E-state index contributed by atoms with van der Waals surface area (Å²) in [7, 11) is 4.04. The van der Waals surface area contributed by atoms with Crippen LogP contribution in [0.25, 0.3) is 0 Å². The lowest BCUT2D eigenvalue weighted by atomic mass is 10.1. The third kappa shape index (κ3) is 3.04. The molecule has 1 aliphatic heterocycles. The number of carbonyl (C=O) groups is 1. The molecule has 1 aliphatic rings. The van der Waals surface area contributed by atoms with E-state index < -0.39 is 11.8 Å². The van der Waals surface area contributed by atoms with Gasteiger partial charge < -0.3 is 14.9 Å². The molecule has 0 amide bonds. The molecule has 1 fully saturated rings. The van der Waals surface area contributed by atoms with Crippen LogP contribution in [0.3, 0.4) is 0 Å². The molecule has 0 bridgehead atoms. The second-order valence-electron chi connectivity index (χ2n) is 5.22. The van der Waals surface area contributed by atoms with Crippen molar-refractivity contribution in [2.75, 3.05) is 32.1 Å². The van der Waals surface area contributed by atoms with Crippen molar-refractivity contribution in [2.24, 2.45) is 0 Å². The molecule has 1 saturated heterocycles. The number of hydrogen-bond acceptors (Lipinski definition) is 3. The van der Waals surface area contributed by atoms with Crippen molar-refractivity contribution < 1.29 is 14.3 Å². The molecule has 104 valence electrons. The highest BCUT2D eigenvalue weighted by atomic mass is 19.1. The molecule has 1 atom stereocenters. The Morgan fingerprint density at radius 2 is 2.26 bits per heavy atom. The van der Waals surface area contributed by atoms with Gasteiger partial charge in [-0.05, 0) is 45.1 Å². The Hall–Kier alpha value is -1.62. The molecule has 2 rings (SSSR count). The average molecular weight is 266 g/mol. The van der Waals surface area contributed by atoms with E-state index in [0.29, 0.717) is 6.04 Å². The van der Waals surface area contributed by atoms with E-state index in [-0.39, 0.29) is 5.56 Å². The first-order chi connectivity index (χ1) is 8.99. The van der Waals surface area contributed by atoms with E-state index in [1.807, 2.05) is 14.1 Å². The van der Waals surface area contributed by atoms with Gasteiger partial charge in [0, 0.05) is 24.8 Å². The summed E-state index contributed by atoms with van der Waals surface area (Å²) in [6, 6.07) is 4.74. The third-order valence-corrected chi connectivity index (χ3v) is 3.47. The predicted octanol–water partition coefficient (Wildman–Crippen LogP) is 2.05. The Morgan fingerprint density at radius 3 is 2.84 bits per heavy atom. The Bertz CT molecular complexity index is 477. The van der Waals surface area contributed by atoms with Crippen molar-refractivity contribution in [2.45, 2.75) is 18.9 Å². The Balaban J connectivity index is 2.21. The molecule has 1 N–H and O–H groups in total. The molecule has 1 unspecified atom stereocenters. The van der Waals surface area contributed by atoms with Gasteiger partial charge in [0.15, 0.2) is 0 Å². The van der Waals surface area contributed by atoms with E-state index in [0.717, 1.165) is 31.6 Å². The molecule has 1 aromatic carbocycles. The van der Waals surface area contributed by atoms with E-state index in [4.69, 9.17) is 5.11 Å². The molecule has 4 nitrogen and oxygen atoms in total. The molecular formula is C14H19FN2O2. The van der Waals surface area contributed by atoms with Crippen molar-refractivity contribution in [1.29, 1.82) is 0 Å². The second kappa shape index (κ2) is 5.57. The van der Waals surface area contributed by atoms with Gasteiger partial charge in [-0.1, -0.05) is 0 Å². The topological polar surface area (TPSA) is 43.8 Å². The summed E-state index contributed by atoms with van der Waals surface area (Å²) >= 11 is 0. The molecule has 0 aliphatic carbocycles. The van der Waals surface area contributed by atoms with Gasteiger partial charge in [-0.3, -0.25) is 0 Å². The van der Waals surface area contributed by atoms with Crippen molar-refractivity contribution in [1.82, 2.24) is 4.90 Å². The number of benzene rings is 1. The lowest BCUT2D eigenvalue weighted by Gasteiger charge is -2.29. The van der Waals surface area contributed by atoms with Gasteiger partial charge in [0.2, 0.25) is 0 Å². The molecule has 19 heavy (non-hydrogen) atoms.